The van der Waals surface area contributed by atoms with Crippen LogP contribution in [-0.2, 0) is 6.61 Å². The fraction of sp³-hybridized carbons (Fsp3) is 0.261. The number of hydrogen-bond donors (Lipinski definition) is 1. The summed E-state index contributed by atoms with van der Waals surface area (Å²) in [5.41, 5.74) is 4.49. The molecule has 0 radical (unpaired) electrons. The zero-order chi connectivity index (χ0) is 20.4. The van der Waals surface area contributed by atoms with Crippen LogP contribution in [0.1, 0.15) is 44.9 Å². The lowest BCUT2D eigenvalue weighted by molar-refractivity contribution is 0.0944. The van der Waals surface area contributed by atoms with Gasteiger partial charge in [-0.05, 0) is 55.5 Å². The molecule has 1 N–H and O–H groups in total. The maximum atomic E-state index is 12.7. The van der Waals surface area contributed by atoms with E-state index in [2.05, 4.69) is 37.4 Å². The maximum absolute atomic E-state index is 12.7. The molecule has 0 saturated carbocycles. The van der Waals surface area contributed by atoms with Gasteiger partial charge in [0.15, 0.2) is 11.5 Å². The highest BCUT2D eigenvalue weighted by Crippen LogP contribution is 2.35. The molecule has 4 rings (SSSR count). The van der Waals surface area contributed by atoms with Crippen LogP contribution in [0.5, 0.6) is 17.2 Å². The van der Waals surface area contributed by atoms with E-state index in [4.69, 9.17) is 14.2 Å². The molecule has 0 spiro atoms. The Kier molecular flexibility index (Phi) is 5.45. The van der Waals surface area contributed by atoms with Gasteiger partial charge in [-0.3, -0.25) is 4.79 Å². The van der Waals surface area contributed by atoms with Crippen molar-refractivity contribution in [2.75, 3.05) is 6.79 Å². The van der Waals surface area contributed by atoms with E-state index in [0.717, 1.165) is 16.9 Å². The molecule has 0 fully saturated rings. The highest BCUT2D eigenvalue weighted by atomic mass is 32.1. The summed E-state index contributed by atoms with van der Waals surface area (Å²) < 4.78 is 16.5. The smallest absolute Gasteiger partial charge is 0.261 e. The van der Waals surface area contributed by atoms with E-state index in [0.29, 0.717) is 23.0 Å². The summed E-state index contributed by atoms with van der Waals surface area (Å²) in [5.74, 6) is 2.05. The molecule has 150 valence electrons. The third-order valence-corrected chi connectivity index (χ3v) is 5.84. The average molecular weight is 410 g/mol. The normalized spacial score (nSPS) is 13.2. The Labute approximate surface area is 174 Å². The summed E-state index contributed by atoms with van der Waals surface area (Å²) >= 11 is 1.42. The van der Waals surface area contributed by atoms with E-state index >= 15 is 0 Å². The quantitative estimate of drug-likeness (QED) is 0.611. The van der Waals surface area contributed by atoms with Gasteiger partial charge in [-0.2, -0.15) is 0 Å². The topological polar surface area (TPSA) is 56.8 Å². The van der Waals surface area contributed by atoms with Crippen molar-refractivity contribution in [3.05, 3.63) is 75.0 Å². The molecule has 0 saturated heterocycles. The monoisotopic (exact) mass is 409 g/mol. The van der Waals surface area contributed by atoms with Gasteiger partial charge in [0, 0.05) is 11.6 Å². The fourth-order valence-electron chi connectivity index (χ4n) is 3.36. The minimum Gasteiger partial charge on any atom is -0.489 e. The van der Waals surface area contributed by atoms with E-state index in [1.54, 1.807) is 0 Å². The predicted molar refractivity (Wildman–Crippen MR) is 113 cm³/mol. The van der Waals surface area contributed by atoms with Crippen molar-refractivity contribution < 1.29 is 19.0 Å². The number of ether oxygens (including phenoxy) is 3. The first-order valence-corrected chi connectivity index (χ1v) is 10.4. The number of aryl methyl sites for hydroxylation is 2. The van der Waals surface area contributed by atoms with Crippen LogP contribution in [0.25, 0.3) is 0 Å². The lowest BCUT2D eigenvalue weighted by atomic mass is 10.0. The first-order chi connectivity index (χ1) is 14.0. The van der Waals surface area contributed by atoms with Crippen molar-refractivity contribution in [3.63, 3.8) is 0 Å². The third kappa shape index (κ3) is 4.38. The van der Waals surface area contributed by atoms with Crippen LogP contribution in [0, 0.1) is 13.8 Å². The number of thiophene rings is 1. The fourth-order valence-corrected chi connectivity index (χ4v) is 4.16. The van der Waals surface area contributed by atoms with Crippen molar-refractivity contribution in [1.29, 1.82) is 0 Å². The highest BCUT2D eigenvalue weighted by Gasteiger charge is 2.16. The Bertz CT molecular complexity index is 1040. The summed E-state index contributed by atoms with van der Waals surface area (Å²) in [6.45, 7) is 6.77. The van der Waals surface area contributed by atoms with Crippen LogP contribution < -0.4 is 19.5 Å². The molecule has 1 atom stereocenters. The molecule has 1 unspecified atom stereocenters. The number of hydrogen-bond acceptors (Lipinski definition) is 5. The van der Waals surface area contributed by atoms with Gasteiger partial charge >= 0.3 is 0 Å². The number of carbonyl (C=O) groups excluding carboxylic acids is 1. The lowest BCUT2D eigenvalue weighted by Gasteiger charge is -2.16. The minimum absolute atomic E-state index is 0.0569. The van der Waals surface area contributed by atoms with Gasteiger partial charge in [0.05, 0.1) is 10.9 Å². The summed E-state index contributed by atoms with van der Waals surface area (Å²) in [6, 6.07) is 13.6. The number of benzene rings is 2. The summed E-state index contributed by atoms with van der Waals surface area (Å²) in [4.78, 5) is 13.3. The molecule has 0 aliphatic carbocycles. The van der Waals surface area contributed by atoms with Crippen LogP contribution in [0.2, 0.25) is 0 Å². The van der Waals surface area contributed by atoms with Crippen LogP contribution in [0.15, 0.2) is 47.8 Å². The maximum Gasteiger partial charge on any atom is 0.261 e. The van der Waals surface area contributed by atoms with Crippen molar-refractivity contribution in [3.8, 4) is 17.2 Å². The van der Waals surface area contributed by atoms with Gasteiger partial charge in [-0.15, -0.1) is 11.3 Å². The molecular weight excluding hydrogens is 386 g/mol. The zero-order valence-corrected chi connectivity index (χ0v) is 17.5. The molecule has 5 nitrogen and oxygen atoms in total. The molecule has 29 heavy (non-hydrogen) atoms. The van der Waals surface area contributed by atoms with Gasteiger partial charge in [-0.1, -0.05) is 23.8 Å². The molecule has 1 amide bonds. The van der Waals surface area contributed by atoms with Gasteiger partial charge in [0.1, 0.15) is 12.4 Å². The molecule has 3 aromatic rings. The molecule has 0 bridgehead atoms. The number of amides is 1. The molecular formula is C23H23NO4S. The second kappa shape index (κ2) is 8.17. The number of fused-ring (bicyclic) bond motifs is 1. The third-order valence-electron chi connectivity index (χ3n) is 4.87. The van der Waals surface area contributed by atoms with E-state index in [9.17, 15) is 4.79 Å². The lowest BCUT2D eigenvalue weighted by Crippen LogP contribution is -2.26. The van der Waals surface area contributed by atoms with Crippen molar-refractivity contribution in [1.82, 2.24) is 5.32 Å². The Morgan fingerprint density at radius 1 is 1.14 bits per heavy atom. The minimum atomic E-state index is -0.0724. The number of carbonyl (C=O) groups is 1. The Morgan fingerprint density at radius 2 is 1.97 bits per heavy atom. The van der Waals surface area contributed by atoms with Crippen LogP contribution >= 0.6 is 11.3 Å². The van der Waals surface area contributed by atoms with Gasteiger partial charge in [0.2, 0.25) is 6.79 Å². The zero-order valence-electron chi connectivity index (χ0n) is 16.7. The molecule has 2 heterocycles. The number of nitrogens with one attached hydrogen (secondary N) is 1. The van der Waals surface area contributed by atoms with Gasteiger partial charge in [0.25, 0.3) is 5.91 Å². The molecule has 1 aliphatic rings. The second-order valence-electron chi connectivity index (χ2n) is 7.18. The van der Waals surface area contributed by atoms with Crippen LogP contribution in [0.4, 0.5) is 0 Å². The second-order valence-corrected chi connectivity index (χ2v) is 8.09. The summed E-state index contributed by atoms with van der Waals surface area (Å²) in [7, 11) is 0. The van der Waals surface area contributed by atoms with Crippen molar-refractivity contribution in [2.24, 2.45) is 0 Å². The molecule has 6 heteroatoms. The SMILES string of the molecule is Cc1ccc(C(C)NC(=O)c2cc(COc3ccc4c(c3)OCO4)cs2)c(C)c1. The molecule has 1 aliphatic heterocycles. The van der Waals surface area contributed by atoms with Crippen molar-refractivity contribution in [2.45, 2.75) is 33.4 Å². The molecule has 1 aromatic heterocycles. The van der Waals surface area contributed by atoms with Gasteiger partial charge in [-0.25, -0.2) is 0 Å². The molecule has 2 aromatic carbocycles. The van der Waals surface area contributed by atoms with E-state index < -0.39 is 0 Å². The predicted octanol–water partition coefficient (Wildman–Crippen LogP) is 5.16. The Balaban J connectivity index is 1.36. The Morgan fingerprint density at radius 3 is 2.79 bits per heavy atom. The highest BCUT2D eigenvalue weighted by molar-refractivity contribution is 7.12. The van der Waals surface area contributed by atoms with E-state index in [1.807, 2.05) is 36.6 Å². The van der Waals surface area contributed by atoms with Gasteiger partial charge < -0.3 is 19.5 Å². The summed E-state index contributed by atoms with van der Waals surface area (Å²) in [5, 5.41) is 5.04. The Hall–Kier alpha value is -2.99. The van der Waals surface area contributed by atoms with E-state index in [-0.39, 0.29) is 18.7 Å². The van der Waals surface area contributed by atoms with Crippen molar-refractivity contribution >= 4 is 17.2 Å². The first-order valence-electron chi connectivity index (χ1n) is 9.47. The van der Waals surface area contributed by atoms with Crippen LogP contribution in [-0.4, -0.2) is 12.7 Å². The standard InChI is InChI=1S/C23H23NO4S/c1-14-4-6-19(15(2)8-14)16(3)24-23(25)22-9-17(12-29-22)11-26-18-5-7-20-21(10-18)28-13-27-20/h4-10,12,16H,11,13H2,1-3H3,(H,24,25). The van der Waals surface area contributed by atoms with E-state index in [1.165, 1.54) is 22.5 Å². The largest absolute Gasteiger partial charge is 0.489 e. The summed E-state index contributed by atoms with van der Waals surface area (Å²) in [6.07, 6.45) is 0. The van der Waals surface area contributed by atoms with Crippen LogP contribution in [0.3, 0.4) is 0 Å². The average Bonchev–Trinajstić information content (AvgIpc) is 3.35. The number of rotatable bonds is 6. The first kappa shape index (κ1) is 19.3.